The maximum atomic E-state index is 11.6. The van der Waals surface area contributed by atoms with Crippen LogP contribution in [0.5, 0.6) is 0 Å². The fraction of sp³-hybridized carbons (Fsp3) is 0.333. The fourth-order valence-corrected chi connectivity index (χ4v) is 3.06. The summed E-state index contributed by atoms with van der Waals surface area (Å²) >= 11 is 0. The minimum absolute atomic E-state index is 0.0116. The van der Waals surface area contributed by atoms with Crippen molar-refractivity contribution >= 4 is 32.9 Å². The lowest BCUT2D eigenvalue weighted by molar-refractivity contribution is -0.134. The third-order valence-electron chi connectivity index (χ3n) is 3.70. The second-order valence-corrected chi connectivity index (χ2v) is 8.15. The van der Waals surface area contributed by atoms with E-state index in [2.05, 4.69) is 14.6 Å². The molecule has 1 heterocycles. The van der Waals surface area contributed by atoms with E-state index in [4.69, 9.17) is 10.2 Å². The Labute approximate surface area is 163 Å². The highest BCUT2D eigenvalue weighted by Crippen LogP contribution is 2.21. The van der Waals surface area contributed by atoms with Gasteiger partial charge in [-0.25, -0.2) is 22.7 Å². The van der Waals surface area contributed by atoms with Gasteiger partial charge in [0.1, 0.15) is 0 Å². The average Bonchev–Trinajstić information content (AvgIpc) is 3.00. The molecule has 4 N–H and O–H groups in total. The smallest absolute Gasteiger partial charge is 0.328 e. The molecule has 10 heteroatoms. The molecule has 2 aromatic rings. The number of hydrogen-bond donors (Lipinski definition) is 4. The predicted molar refractivity (Wildman–Crippen MR) is 107 cm³/mol. The van der Waals surface area contributed by atoms with Crippen LogP contribution in [0.4, 0.5) is 0 Å². The van der Waals surface area contributed by atoms with Gasteiger partial charge in [-0.15, -0.1) is 0 Å². The van der Waals surface area contributed by atoms with Crippen LogP contribution in [-0.2, 0) is 31.8 Å². The van der Waals surface area contributed by atoms with E-state index in [0.29, 0.717) is 12.2 Å². The number of benzene rings is 1. The molecule has 0 fully saturated rings. The lowest BCUT2D eigenvalue weighted by atomic mass is 10.1. The Balaban J connectivity index is 0.000000416. The van der Waals surface area contributed by atoms with Gasteiger partial charge < -0.3 is 20.1 Å². The summed E-state index contributed by atoms with van der Waals surface area (Å²) in [4.78, 5) is 24.5. The first-order chi connectivity index (χ1) is 13.0. The van der Waals surface area contributed by atoms with Crippen LogP contribution in [0.3, 0.4) is 0 Å². The van der Waals surface area contributed by atoms with Crippen molar-refractivity contribution in [2.45, 2.75) is 12.2 Å². The molecule has 154 valence electrons. The van der Waals surface area contributed by atoms with Crippen molar-refractivity contribution < 1.29 is 28.2 Å². The molecule has 0 aliphatic carbocycles. The number of aromatic nitrogens is 1. The van der Waals surface area contributed by atoms with Gasteiger partial charge in [-0.2, -0.15) is 0 Å². The topological polar surface area (TPSA) is 140 Å². The highest BCUT2D eigenvalue weighted by Gasteiger charge is 2.11. The number of fused-ring (bicyclic) bond motifs is 1. The molecule has 0 unspecified atom stereocenters. The molecule has 0 atom stereocenters. The Morgan fingerprint density at radius 2 is 1.79 bits per heavy atom. The van der Waals surface area contributed by atoms with Crippen molar-refractivity contribution in [1.82, 2.24) is 14.6 Å². The first-order valence-electron chi connectivity index (χ1n) is 8.33. The lowest BCUT2D eigenvalue weighted by Crippen LogP contribution is -2.20. The van der Waals surface area contributed by atoms with E-state index in [9.17, 15) is 18.0 Å². The summed E-state index contributed by atoms with van der Waals surface area (Å²) in [6.07, 6.45) is 4.06. The van der Waals surface area contributed by atoms with Gasteiger partial charge in [0.2, 0.25) is 10.0 Å². The van der Waals surface area contributed by atoms with E-state index in [-0.39, 0.29) is 5.75 Å². The molecular weight excluding hydrogens is 386 g/mol. The summed E-state index contributed by atoms with van der Waals surface area (Å²) < 4.78 is 25.6. The van der Waals surface area contributed by atoms with Crippen LogP contribution >= 0.6 is 0 Å². The average molecular weight is 411 g/mol. The molecule has 0 aliphatic heterocycles. The summed E-state index contributed by atoms with van der Waals surface area (Å²) in [7, 11) is 2.29. The molecule has 0 saturated heterocycles. The summed E-state index contributed by atoms with van der Waals surface area (Å²) in [6.45, 7) is 0.964. The SMILES string of the molecule is CNS(=O)(=O)Cc1ccc2[nH]cc(CCN(C)C)c2c1.O=C(O)/C=C\C(=O)O. The number of carboxylic acids is 2. The van der Waals surface area contributed by atoms with Crippen LogP contribution in [0.2, 0.25) is 0 Å². The van der Waals surface area contributed by atoms with E-state index >= 15 is 0 Å². The summed E-state index contributed by atoms with van der Waals surface area (Å²) in [6, 6.07) is 5.75. The van der Waals surface area contributed by atoms with E-state index in [0.717, 1.165) is 29.4 Å². The molecule has 0 amide bonds. The lowest BCUT2D eigenvalue weighted by Gasteiger charge is -2.08. The van der Waals surface area contributed by atoms with Gasteiger partial charge in [-0.3, -0.25) is 0 Å². The van der Waals surface area contributed by atoms with Gasteiger partial charge in [-0.1, -0.05) is 6.07 Å². The second kappa shape index (κ2) is 10.6. The molecule has 9 nitrogen and oxygen atoms in total. The molecule has 0 spiro atoms. The number of likely N-dealkylation sites (N-methyl/N-ethyl adjacent to an activating group) is 1. The zero-order valence-corrected chi connectivity index (χ0v) is 16.8. The van der Waals surface area contributed by atoms with E-state index in [1.807, 2.05) is 38.5 Å². The Morgan fingerprint density at radius 1 is 1.18 bits per heavy atom. The monoisotopic (exact) mass is 411 g/mol. The predicted octanol–water partition coefficient (Wildman–Crippen LogP) is 1.03. The quantitative estimate of drug-likeness (QED) is 0.476. The van der Waals surface area contributed by atoms with Crippen LogP contribution in [0.1, 0.15) is 11.1 Å². The van der Waals surface area contributed by atoms with Crippen molar-refractivity contribution in [3.63, 3.8) is 0 Å². The Bertz CT molecular complexity index is 931. The van der Waals surface area contributed by atoms with Gasteiger partial charge >= 0.3 is 11.9 Å². The maximum Gasteiger partial charge on any atom is 0.328 e. The molecular formula is C18H25N3O6S. The largest absolute Gasteiger partial charge is 0.478 e. The Hall–Kier alpha value is -2.69. The van der Waals surface area contributed by atoms with E-state index in [1.165, 1.54) is 12.6 Å². The molecule has 1 aromatic heterocycles. The number of aromatic amines is 1. The number of H-pyrrole nitrogens is 1. The van der Waals surface area contributed by atoms with Crippen LogP contribution in [0.25, 0.3) is 10.9 Å². The zero-order chi connectivity index (χ0) is 21.3. The highest BCUT2D eigenvalue weighted by atomic mass is 32.2. The molecule has 0 radical (unpaired) electrons. The molecule has 0 bridgehead atoms. The zero-order valence-electron chi connectivity index (χ0n) is 16.0. The number of nitrogens with one attached hydrogen (secondary N) is 2. The number of aliphatic carboxylic acids is 2. The Morgan fingerprint density at radius 3 is 2.29 bits per heavy atom. The number of nitrogens with zero attached hydrogens (tertiary/aromatic N) is 1. The molecule has 2 rings (SSSR count). The van der Waals surface area contributed by atoms with Gasteiger partial charge in [0, 0.05) is 35.8 Å². The number of hydrogen-bond acceptors (Lipinski definition) is 5. The highest BCUT2D eigenvalue weighted by molar-refractivity contribution is 7.88. The van der Waals surface area contributed by atoms with Gasteiger partial charge in [-0.05, 0) is 50.8 Å². The Kier molecular flexibility index (Phi) is 8.83. The molecule has 0 saturated carbocycles. The van der Waals surface area contributed by atoms with Crippen LogP contribution < -0.4 is 4.72 Å². The fourth-order valence-electron chi connectivity index (χ4n) is 2.30. The second-order valence-electron chi connectivity index (χ2n) is 6.22. The van der Waals surface area contributed by atoms with Gasteiger partial charge in [0.05, 0.1) is 5.75 Å². The molecule has 0 aliphatic rings. The van der Waals surface area contributed by atoms with Crippen molar-refractivity contribution in [2.75, 3.05) is 27.7 Å². The van der Waals surface area contributed by atoms with Crippen molar-refractivity contribution in [1.29, 1.82) is 0 Å². The minimum atomic E-state index is -3.23. The van der Waals surface area contributed by atoms with Crippen LogP contribution in [-0.4, -0.2) is 68.1 Å². The van der Waals surface area contributed by atoms with Crippen molar-refractivity contribution in [3.8, 4) is 0 Å². The number of carboxylic acid groups (broad SMARTS) is 2. The third kappa shape index (κ3) is 8.33. The minimum Gasteiger partial charge on any atom is -0.478 e. The first-order valence-corrected chi connectivity index (χ1v) is 9.98. The summed E-state index contributed by atoms with van der Waals surface area (Å²) in [5.74, 6) is -2.50. The van der Waals surface area contributed by atoms with Gasteiger partial charge in [0.25, 0.3) is 0 Å². The maximum absolute atomic E-state index is 11.6. The number of carbonyl (C=O) groups is 2. The third-order valence-corrected chi connectivity index (χ3v) is 5.03. The summed E-state index contributed by atoms with van der Waals surface area (Å²) in [5.41, 5.74) is 3.07. The molecule has 1 aromatic carbocycles. The number of rotatable bonds is 8. The molecule has 28 heavy (non-hydrogen) atoms. The summed E-state index contributed by atoms with van der Waals surface area (Å²) in [5, 5.41) is 16.7. The van der Waals surface area contributed by atoms with E-state index in [1.54, 1.807) is 0 Å². The van der Waals surface area contributed by atoms with Crippen LogP contribution in [0.15, 0.2) is 36.5 Å². The van der Waals surface area contributed by atoms with Crippen molar-refractivity contribution in [2.24, 2.45) is 0 Å². The van der Waals surface area contributed by atoms with Crippen LogP contribution in [0, 0.1) is 0 Å². The van der Waals surface area contributed by atoms with E-state index < -0.39 is 22.0 Å². The number of sulfonamides is 1. The standard InChI is InChI=1S/C14H21N3O2S.C4H4O4/c1-15-20(18,19)10-11-4-5-14-13(8-11)12(9-16-14)6-7-17(2)3;5-3(6)1-2-4(7)8/h4-5,8-9,15-16H,6-7,10H2,1-3H3;1-2H,(H,5,6)(H,7,8)/b;2-1-. The normalized spacial score (nSPS) is 11.6. The van der Waals surface area contributed by atoms with Crippen molar-refractivity contribution in [3.05, 3.63) is 47.7 Å². The van der Waals surface area contributed by atoms with Gasteiger partial charge in [0.15, 0.2) is 0 Å². The first kappa shape index (κ1) is 23.3.